The van der Waals surface area contributed by atoms with Gasteiger partial charge in [-0.25, -0.2) is 13.1 Å². The van der Waals surface area contributed by atoms with Crippen molar-refractivity contribution < 1.29 is 22.7 Å². The zero-order valence-electron chi connectivity index (χ0n) is 14.6. The number of aryl methyl sites for hydroxylation is 1. The Balaban J connectivity index is 1.84. The monoisotopic (exact) mass is 375 g/mol. The molecule has 0 fully saturated rings. The van der Waals surface area contributed by atoms with E-state index in [4.69, 9.17) is 9.15 Å². The predicted octanol–water partition coefficient (Wildman–Crippen LogP) is 2.63. The molecular weight excluding hydrogens is 354 g/mol. The van der Waals surface area contributed by atoms with Gasteiger partial charge in [-0.1, -0.05) is 23.8 Å². The van der Waals surface area contributed by atoms with Crippen molar-refractivity contribution in [3.05, 3.63) is 59.9 Å². The van der Waals surface area contributed by atoms with Crippen LogP contribution in [0.3, 0.4) is 0 Å². The van der Waals surface area contributed by atoms with Crippen molar-refractivity contribution in [1.29, 1.82) is 0 Å². The van der Waals surface area contributed by atoms with E-state index in [1.807, 2.05) is 13.0 Å². The lowest BCUT2D eigenvalue weighted by molar-refractivity contribution is 0.256. The Labute approximate surface area is 152 Å². The summed E-state index contributed by atoms with van der Waals surface area (Å²) in [6.07, 6.45) is 1.88. The molecule has 0 bridgehead atoms. The zero-order valence-corrected chi connectivity index (χ0v) is 15.4. The van der Waals surface area contributed by atoms with Crippen molar-refractivity contribution in [3.63, 3.8) is 0 Å². The Morgan fingerprint density at radius 1 is 1.15 bits per heavy atom. The van der Waals surface area contributed by atoms with Gasteiger partial charge in [0.2, 0.25) is 10.0 Å². The van der Waals surface area contributed by atoms with Crippen molar-refractivity contribution in [2.45, 2.75) is 24.3 Å². The van der Waals surface area contributed by atoms with Crippen LogP contribution in [0.4, 0.5) is 0 Å². The summed E-state index contributed by atoms with van der Waals surface area (Å²) in [5.41, 5.74) is 2.44. The quantitative estimate of drug-likeness (QED) is 0.663. The second kappa shape index (κ2) is 7.49. The Morgan fingerprint density at radius 2 is 1.88 bits per heavy atom. The first-order valence-corrected chi connectivity index (χ1v) is 9.66. The van der Waals surface area contributed by atoms with E-state index in [0.717, 1.165) is 16.5 Å². The number of nitrogens with one attached hydrogen (secondary N) is 1. The van der Waals surface area contributed by atoms with Gasteiger partial charge in [0.15, 0.2) is 11.3 Å². The van der Waals surface area contributed by atoms with E-state index in [0.29, 0.717) is 17.8 Å². The molecule has 1 aromatic heterocycles. The Hall–Kier alpha value is -2.35. The van der Waals surface area contributed by atoms with Gasteiger partial charge in [-0.2, -0.15) is 0 Å². The average molecular weight is 375 g/mol. The normalized spacial score (nSPS) is 13.0. The summed E-state index contributed by atoms with van der Waals surface area (Å²) >= 11 is 0. The SMILES string of the molecule is COc1ccc(C[C@H](CO)NS(=O)(=O)c2ccc(C)cc2)c2ccoc12. The molecule has 6 nitrogen and oxygen atoms in total. The van der Waals surface area contributed by atoms with E-state index in [1.165, 1.54) is 0 Å². The van der Waals surface area contributed by atoms with Gasteiger partial charge in [0.1, 0.15) is 0 Å². The molecule has 1 atom stereocenters. The minimum Gasteiger partial charge on any atom is -0.493 e. The number of hydrogen-bond acceptors (Lipinski definition) is 5. The Morgan fingerprint density at radius 3 is 2.54 bits per heavy atom. The number of methoxy groups -OCH3 is 1. The maximum atomic E-state index is 12.6. The second-order valence-electron chi connectivity index (χ2n) is 6.11. The molecular formula is C19H21NO5S. The molecule has 0 saturated heterocycles. The molecule has 138 valence electrons. The summed E-state index contributed by atoms with van der Waals surface area (Å²) in [5.74, 6) is 0.606. The number of benzene rings is 2. The third-order valence-electron chi connectivity index (χ3n) is 4.23. The maximum Gasteiger partial charge on any atom is 0.240 e. The predicted molar refractivity (Wildman–Crippen MR) is 98.8 cm³/mol. The first-order valence-electron chi connectivity index (χ1n) is 8.17. The standard InChI is InChI=1S/C19H21NO5S/c1-13-3-6-16(7-4-13)26(22,23)20-15(12-21)11-14-5-8-18(24-2)19-17(14)9-10-25-19/h3-10,15,20-21H,11-12H2,1-2H3/t15-/m1/s1. The highest BCUT2D eigenvalue weighted by molar-refractivity contribution is 7.89. The molecule has 1 heterocycles. The van der Waals surface area contributed by atoms with Gasteiger partial charge in [-0.3, -0.25) is 0 Å². The number of aliphatic hydroxyl groups excluding tert-OH is 1. The van der Waals surface area contributed by atoms with Crippen LogP contribution in [0.5, 0.6) is 5.75 Å². The van der Waals surface area contributed by atoms with Crippen LogP contribution in [0.2, 0.25) is 0 Å². The highest BCUT2D eigenvalue weighted by Crippen LogP contribution is 2.30. The number of hydrogen-bond donors (Lipinski definition) is 2. The number of aliphatic hydroxyl groups is 1. The van der Waals surface area contributed by atoms with Crippen LogP contribution >= 0.6 is 0 Å². The molecule has 7 heteroatoms. The Bertz CT molecular complexity index is 992. The maximum absolute atomic E-state index is 12.6. The molecule has 0 aliphatic heterocycles. The van der Waals surface area contributed by atoms with Gasteiger partial charge in [-0.15, -0.1) is 0 Å². The van der Waals surface area contributed by atoms with Crippen LogP contribution in [-0.2, 0) is 16.4 Å². The first-order chi connectivity index (χ1) is 12.4. The van der Waals surface area contributed by atoms with Crippen LogP contribution in [0.15, 0.2) is 58.0 Å². The van der Waals surface area contributed by atoms with Crippen LogP contribution in [-0.4, -0.2) is 33.3 Å². The average Bonchev–Trinajstić information content (AvgIpc) is 3.11. The number of sulfonamides is 1. The van der Waals surface area contributed by atoms with Crippen LogP contribution in [0.1, 0.15) is 11.1 Å². The van der Waals surface area contributed by atoms with Gasteiger partial charge < -0.3 is 14.3 Å². The fraction of sp³-hybridized carbons (Fsp3) is 0.263. The zero-order chi connectivity index (χ0) is 18.7. The molecule has 0 amide bonds. The highest BCUT2D eigenvalue weighted by Gasteiger charge is 2.21. The summed E-state index contributed by atoms with van der Waals surface area (Å²) in [5, 5.41) is 10.5. The summed E-state index contributed by atoms with van der Waals surface area (Å²) in [6, 6.07) is 11.3. The first kappa shape index (κ1) is 18.4. The summed E-state index contributed by atoms with van der Waals surface area (Å²) in [6.45, 7) is 1.57. The van der Waals surface area contributed by atoms with Crippen LogP contribution < -0.4 is 9.46 Å². The largest absolute Gasteiger partial charge is 0.493 e. The third kappa shape index (κ3) is 3.75. The van der Waals surface area contributed by atoms with Gasteiger partial charge >= 0.3 is 0 Å². The summed E-state index contributed by atoms with van der Waals surface area (Å²) < 4.78 is 38.4. The van der Waals surface area contributed by atoms with E-state index >= 15 is 0 Å². The van der Waals surface area contributed by atoms with E-state index in [2.05, 4.69) is 4.72 Å². The topological polar surface area (TPSA) is 88.8 Å². The Kier molecular flexibility index (Phi) is 5.31. The molecule has 0 saturated carbocycles. The van der Waals surface area contributed by atoms with E-state index in [9.17, 15) is 13.5 Å². The third-order valence-corrected chi connectivity index (χ3v) is 5.77. The molecule has 26 heavy (non-hydrogen) atoms. The van der Waals surface area contributed by atoms with Crippen molar-refractivity contribution in [3.8, 4) is 5.75 Å². The van der Waals surface area contributed by atoms with Gasteiger partial charge in [0, 0.05) is 11.4 Å². The van der Waals surface area contributed by atoms with Gasteiger partial charge in [-0.05, 0) is 43.2 Å². The fourth-order valence-corrected chi connectivity index (χ4v) is 4.07. The fourth-order valence-electron chi connectivity index (χ4n) is 2.85. The molecule has 2 aromatic carbocycles. The molecule has 0 aliphatic carbocycles. The highest BCUT2D eigenvalue weighted by atomic mass is 32.2. The molecule has 0 radical (unpaired) electrons. The lowest BCUT2D eigenvalue weighted by Crippen LogP contribution is -2.39. The summed E-state index contributed by atoms with van der Waals surface area (Å²) in [7, 11) is -2.16. The van der Waals surface area contributed by atoms with E-state index < -0.39 is 16.1 Å². The summed E-state index contributed by atoms with van der Waals surface area (Å²) in [4.78, 5) is 0.171. The molecule has 3 rings (SSSR count). The van der Waals surface area contributed by atoms with E-state index in [-0.39, 0.29) is 11.5 Å². The molecule has 0 aliphatic rings. The number of ether oxygens (including phenoxy) is 1. The van der Waals surface area contributed by atoms with Crippen molar-refractivity contribution in [2.24, 2.45) is 0 Å². The van der Waals surface area contributed by atoms with Crippen molar-refractivity contribution in [1.82, 2.24) is 4.72 Å². The minimum atomic E-state index is -3.72. The van der Waals surface area contributed by atoms with Crippen LogP contribution in [0.25, 0.3) is 11.0 Å². The lowest BCUT2D eigenvalue weighted by atomic mass is 10.0. The number of rotatable bonds is 7. The molecule has 2 N–H and O–H groups in total. The van der Waals surface area contributed by atoms with Gasteiger partial charge in [0.25, 0.3) is 0 Å². The minimum absolute atomic E-state index is 0.171. The van der Waals surface area contributed by atoms with Crippen LogP contribution in [0, 0.1) is 6.92 Å². The molecule has 0 unspecified atom stereocenters. The molecule has 3 aromatic rings. The van der Waals surface area contributed by atoms with Crippen molar-refractivity contribution in [2.75, 3.05) is 13.7 Å². The van der Waals surface area contributed by atoms with E-state index in [1.54, 1.807) is 49.8 Å². The molecule has 0 spiro atoms. The number of furan rings is 1. The van der Waals surface area contributed by atoms with Crippen molar-refractivity contribution >= 4 is 21.0 Å². The number of fused-ring (bicyclic) bond motifs is 1. The van der Waals surface area contributed by atoms with Gasteiger partial charge in [0.05, 0.1) is 24.9 Å². The lowest BCUT2D eigenvalue weighted by Gasteiger charge is -2.17. The second-order valence-corrected chi connectivity index (χ2v) is 7.82. The smallest absolute Gasteiger partial charge is 0.240 e.